The van der Waals surface area contributed by atoms with E-state index in [0.29, 0.717) is 12.5 Å². The summed E-state index contributed by atoms with van der Waals surface area (Å²) in [6.45, 7) is 8.95. The van der Waals surface area contributed by atoms with E-state index in [0.717, 1.165) is 44.8 Å². The number of benzene rings is 1. The SMILES string of the molecule is CC(C)c1ccc(/C=N\NC(=O)C(=O)NCCCN2CCOCC2)cc1. The van der Waals surface area contributed by atoms with Gasteiger partial charge in [0, 0.05) is 19.6 Å². The van der Waals surface area contributed by atoms with Crippen LogP contribution in [-0.2, 0) is 14.3 Å². The molecule has 26 heavy (non-hydrogen) atoms. The molecule has 0 radical (unpaired) electrons. The maximum absolute atomic E-state index is 11.7. The van der Waals surface area contributed by atoms with E-state index in [1.54, 1.807) is 0 Å². The van der Waals surface area contributed by atoms with Gasteiger partial charge in [0.15, 0.2) is 0 Å². The highest BCUT2D eigenvalue weighted by molar-refractivity contribution is 6.35. The van der Waals surface area contributed by atoms with Gasteiger partial charge in [-0.25, -0.2) is 5.43 Å². The Morgan fingerprint density at radius 2 is 1.88 bits per heavy atom. The summed E-state index contributed by atoms with van der Waals surface area (Å²) in [6, 6.07) is 7.90. The second kappa shape index (κ2) is 10.7. The zero-order valence-electron chi connectivity index (χ0n) is 15.5. The number of carbonyl (C=O) groups is 2. The molecule has 0 atom stereocenters. The summed E-state index contributed by atoms with van der Waals surface area (Å²) < 4.78 is 5.28. The number of hydrogen-bond acceptors (Lipinski definition) is 5. The van der Waals surface area contributed by atoms with Crippen LogP contribution in [0.2, 0.25) is 0 Å². The lowest BCUT2D eigenvalue weighted by molar-refractivity contribution is -0.139. The van der Waals surface area contributed by atoms with Crippen LogP contribution in [0, 0.1) is 0 Å². The van der Waals surface area contributed by atoms with Gasteiger partial charge in [-0.1, -0.05) is 38.1 Å². The summed E-state index contributed by atoms with van der Waals surface area (Å²) in [4.78, 5) is 25.7. The molecule has 0 unspecified atom stereocenters. The third kappa shape index (κ3) is 6.93. The van der Waals surface area contributed by atoms with Crippen molar-refractivity contribution in [2.75, 3.05) is 39.4 Å². The van der Waals surface area contributed by atoms with Crippen LogP contribution < -0.4 is 10.7 Å². The molecular formula is C19H28N4O3. The quantitative estimate of drug-likeness (QED) is 0.330. The minimum Gasteiger partial charge on any atom is -0.379 e. The summed E-state index contributed by atoms with van der Waals surface area (Å²) in [6.07, 6.45) is 2.32. The van der Waals surface area contributed by atoms with Crippen molar-refractivity contribution in [2.45, 2.75) is 26.2 Å². The first-order valence-electron chi connectivity index (χ1n) is 9.07. The van der Waals surface area contributed by atoms with Crippen LogP contribution in [0.25, 0.3) is 0 Å². The highest BCUT2D eigenvalue weighted by Gasteiger charge is 2.13. The monoisotopic (exact) mass is 360 g/mol. The summed E-state index contributed by atoms with van der Waals surface area (Å²) >= 11 is 0. The molecule has 0 saturated carbocycles. The van der Waals surface area contributed by atoms with Gasteiger partial charge in [-0.3, -0.25) is 14.5 Å². The third-order valence-corrected chi connectivity index (χ3v) is 4.23. The van der Waals surface area contributed by atoms with Crippen LogP contribution in [-0.4, -0.2) is 62.3 Å². The molecule has 0 aromatic heterocycles. The van der Waals surface area contributed by atoms with Gasteiger partial charge < -0.3 is 10.1 Å². The molecule has 2 N–H and O–H groups in total. The van der Waals surface area contributed by atoms with E-state index in [1.165, 1.54) is 11.8 Å². The van der Waals surface area contributed by atoms with Crippen LogP contribution in [0.5, 0.6) is 0 Å². The first-order chi connectivity index (χ1) is 12.6. The van der Waals surface area contributed by atoms with Crippen LogP contribution >= 0.6 is 0 Å². The van der Waals surface area contributed by atoms with Crippen LogP contribution in [0.1, 0.15) is 37.3 Å². The number of hydrazone groups is 1. The molecular weight excluding hydrogens is 332 g/mol. The molecule has 2 rings (SSSR count). The fourth-order valence-corrected chi connectivity index (χ4v) is 2.59. The molecule has 1 aliphatic heterocycles. The molecule has 0 aliphatic carbocycles. The van der Waals surface area contributed by atoms with E-state index in [4.69, 9.17) is 4.74 Å². The van der Waals surface area contributed by atoms with Crippen LogP contribution in [0.4, 0.5) is 0 Å². The normalized spacial score (nSPS) is 15.3. The Morgan fingerprint density at radius 3 is 2.54 bits per heavy atom. The van der Waals surface area contributed by atoms with Gasteiger partial charge in [0.05, 0.1) is 19.4 Å². The Hall–Kier alpha value is -2.25. The minimum atomic E-state index is -0.758. The molecule has 1 heterocycles. The first-order valence-corrected chi connectivity index (χ1v) is 9.07. The fourth-order valence-electron chi connectivity index (χ4n) is 2.59. The van der Waals surface area contributed by atoms with Gasteiger partial charge in [-0.2, -0.15) is 5.10 Å². The number of ether oxygens (including phenoxy) is 1. The average molecular weight is 360 g/mol. The van der Waals surface area contributed by atoms with Crippen LogP contribution in [0.15, 0.2) is 29.4 Å². The fraction of sp³-hybridized carbons (Fsp3) is 0.526. The lowest BCUT2D eigenvalue weighted by atomic mass is 10.0. The van der Waals surface area contributed by atoms with Crippen molar-refractivity contribution in [3.63, 3.8) is 0 Å². The Morgan fingerprint density at radius 1 is 1.19 bits per heavy atom. The number of carbonyl (C=O) groups excluding carboxylic acids is 2. The summed E-state index contributed by atoms with van der Waals surface area (Å²) in [5.41, 5.74) is 4.35. The molecule has 2 amide bonds. The summed E-state index contributed by atoms with van der Waals surface area (Å²) in [5, 5.41) is 6.44. The molecule has 1 aliphatic rings. The smallest absolute Gasteiger partial charge is 0.329 e. The highest BCUT2D eigenvalue weighted by atomic mass is 16.5. The maximum Gasteiger partial charge on any atom is 0.329 e. The van der Waals surface area contributed by atoms with Crippen molar-refractivity contribution in [1.82, 2.24) is 15.6 Å². The van der Waals surface area contributed by atoms with E-state index < -0.39 is 11.8 Å². The van der Waals surface area contributed by atoms with Gasteiger partial charge in [0.25, 0.3) is 0 Å². The summed E-state index contributed by atoms with van der Waals surface area (Å²) in [7, 11) is 0. The Balaban J connectivity index is 1.64. The van der Waals surface area contributed by atoms with Crippen molar-refractivity contribution >= 4 is 18.0 Å². The number of nitrogens with one attached hydrogen (secondary N) is 2. The Kier molecular flexibility index (Phi) is 8.24. The van der Waals surface area contributed by atoms with Crippen molar-refractivity contribution in [3.05, 3.63) is 35.4 Å². The predicted octanol–water partition coefficient (Wildman–Crippen LogP) is 1.10. The standard InChI is InChI=1S/C19H28N4O3/c1-15(2)17-6-4-16(5-7-17)14-21-22-19(25)18(24)20-8-3-9-23-10-12-26-13-11-23/h4-7,14-15H,3,8-13H2,1-2H3,(H,20,24)(H,22,25)/b21-14-. The lowest BCUT2D eigenvalue weighted by Gasteiger charge is -2.26. The largest absolute Gasteiger partial charge is 0.379 e. The zero-order chi connectivity index (χ0) is 18.8. The lowest BCUT2D eigenvalue weighted by Crippen LogP contribution is -2.40. The van der Waals surface area contributed by atoms with E-state index in [-0.39, 0.29) is 0 Å². The summed E-state index contributed by atoms with van der Waals surface area (Å²) in [5.74, 6) is -0.960. The van der Waals surface area contributed by atoms with Gasteiger partial charge in [-0.15, -0.1) is 0 Å². The Bertz CT molecular complexity index is 608. The molecule has 1 aromatic carbocycles. The molecule has 1 fully saturated rings. The van der Waals surface area contributed by atoms with E-state index in [9.17, 15) is 9.59 Å². The molecule has 7 heteroatoms. The van der Waals surface area contributed by atoms with Crippen molar-refractivity contribution in [2.24, 2.45) is 5.10 Å². The van der Waals surface area contributed by atoms with Crippen LogP contribution in [0.3, 0.4) is 0 Å². The van der Waals surface area contributed by atoms with E-state index in [2.05, 4.69) is 34.6 Å². The van der Waals surface area contributed by atoms with Crippen molar-refractivity contribution < 1.29 is 14.3 Å². The predicted molar refractivity (Wildman–Crippen MR) is 101 cm³/mol. The molecule has 0 bridgehead atoms. The van der Waals surface area contributed by atoms with Gasteiger partial charge >= 0.3 is 11.8 Å². The van der Waals surface area contributed by atoms with Gasteiger partial charge in [0.1, 0.15) is 0 Å². The number of rotatable bonds is 7. The molecule has 142 valence electrons. The van der Waals surface area contributed by atoms with Crippen molar-refractivity contribution in [3.8, 4) is 0 Å². The molecule has 1 aromatic rings. The number of morpholine rings is 1. The first kappa shape index (κ1) is 20.1. The molecule has 0 spiro atoms. The Labute approximate surface area is 154 Å². The topological polar surface area (TPSA) is 83.0 Å². The minimum absolute atomic E-state index is 0.462. The van der Waals surface area contributed by atoms with E-state index >= 15 is 0 Å². The number of amides is 2. The molecule has 1 saturated heterocycles. The second-order valence-electron chi connectivity index (χ2n) is 6.58. The number of hydrogen-bond donors (Lipinski definition) is 2. The second-order valence-corrected chi connectivity index (χ2v) is 6.58. The van der Waals surface area contributed by atoms with Gasteiger partial charge in [-0.05, 0) is 30.0 Å². The maximum atomic E-state index is 11.7. The van der Waals surface area contributed by atoms with Gasteiger partial charge in [0.2, 0.25) is 0 Å². The van der Waals surface area contributed by atoms with Crippen molar-refractivity contribution in [1.29, 1.82) is 0 Å². The van der Waals surface area contributed by atoms with E-state index in [1.807, 2.05) is 24.3 Å². The molecule has 7 nitrogen and oxygen atoms in total. The zero-order valence-corrected chi connectivity index (χ0v) is 15.5. The average Bonchev–Trinajstić information content (AvgIpc) is 2.66. The highest BCUT2D eigenvalue weighted by Crippen LogP contribution is 2.13. The number of nitrogens with zero attached hydrogens (tertiary/aromatic N) is 2. The third-order valence-electron chi connectivity index (χ3n) is 4.23.